The van der Waals surface area contributed by atoms with E-state index in [0.29, 0.717) is 6.42 Å². The van der Waals surface area contributed by atoms with Gasteiger partial charge in [-0.05, 0) is 6.42 Å². The first-order valence-electron chi connectivity index (χ1n) is 10.2. The van der Waals surface area contributed by atoms with E-state index in [-0.39, 0.29) is 12.1 Å². The van der Waals surface area contributed by atoms with Crippen molar-refractivity contribution in [1.82, 2.24) is 9.55 Å². The van der Waals surface area contributed by atoms with Crippen molar-refractivity contribution in [3.8, 4) is 0 Å². The van der Waals surface area contributed by atoms with Crippen molar-refractivity contribution in [1.29, 1.82) is 0 Å². The third-order valence-corrected chi connectivity index (χ3v) is 8.58. The Morgan fingerprint density at radius 3 is 2.26 bits per heavy atom. The lowest BCUT2D eigenvalue weighted by Gasteiger charge is -2.19. The summed E-state index contributed by atoms with van der Waals surface area (Å²) in [6.45, 7) is 1.24. The highest BCUT2D eigenvalue weighted by Gasteiger charge is 2.47. The van der Waals surface area contributed by atoms with Crippen LogP contribution in [0.2, 0.25) is 0 Å². The second kappa shape index (κ2) is 12.0. The minimum atomic E-state index is -5.75. The quantitative estimate of drug-likeness (QED) is 0.118. The Balaban J connectivity index is 2.10. The van der Waals surface area contributed by atoms with Crippen molar-refractivity contribution in [2.24, 2.45) is 0 Å². The van der Waals surface area contributed by atoms with Crippen molar-refractivity contribution in [3.05, 3.63) is 32.6 Å². The maximum Gasteiger partial charge on any atom is 0.490 e. The van der Waals surface area contributed by atoms with Crippen LogP contribution in [0.5, 0.6) is 0 Å². The lowest BCUT2D eigenvalue weighted by atomic mass is 10.0. The molecule has 6 atom stereocenters. The number of hydrogen-bond donors (Lipinski definition) is 7. The summed E-state index contributed by atoms with van der Waals surface area (Å²) in [5.41, 5.74) is -1.80. The first-order chi connectivity index (χ1) is 16.1. The molecule has 2 heterocycles. The molecule has 1 aliphatic heterocycles. The third-order valence-electron chi connectivity index (χ3n) is 4.78. The van der Waals surface area contributed by atoms with Crippen molar-refractivity contribution in [2.75, 3.05) is 6.61 Å². The summed E-state index contributed by atoms with van der Waals surface area (Å²) in [6, 6.07) is 0. The molecule has 0 aromatic carbocycles. The van der Waals surface area contributed by atoms with Crippen molar-refractivity contribution < 1.29 is 61.4 Å². The molecule has 17 nitrogen and oxygen atoms in total. The Labute approximate surface area is 197 Å². The molecule has 0 amide bonds. The third kappa shape index (κ3) is 9.09. The number of aliphatic hydroxyl groups excluding tert-OH is 2. The summed E-state index contributed by atoms with van der Waals surface area (Å²) in [6.07, 6.45) is -2.02. The molecule has 0 radical (unpaired) electrons. The fourth-order valence-electron chi connectivity index (χ4n) is 3.22. The largest absolute Gasteiger partial charge is 0.490 e. The number of H-pyrrole nitrogens is 1. The van der Waals surface area contributed by atoms with Gasteiger partial charge in [-0.3, -0.25) is 14.3 Å². The van der Waals surface area contributed by atoms with Gasteiger partial charge in [0, 0.05) is 12.7 Å². The van der Waals surface area contributed by atoms with Gasteiger partial charge in [0.2, 0.25) is 0 Å². The standard InChI is InChI=1S/C15H27N2O15P3/c1-2-3-4-5-6-17-7-9(14(20)16-15(17)21)13-12(19)11(18)10(30-13)8-29-34(25,26)32-35(27,28)31-33(22,23)24/h7,10-13,18-19H,2-6,8H2,1H3,(H,25,26)(H,27,28)(H,16,20,21)(H2,22,23,24)/t10-,11-,12-,13+/m1/s1. The fourth-order valence-corrected chi connectivity index (χ4v) is 6.25. The van der Waals surface area contributed by atoms with Crippen LogP contribution < -0.4 is 11.2 Å². The molecule has 1 aliphatic rings. The van der Waals surface area contributed by atoms with Crippen LogP contribution in [-0.2, 0) is 38.1 Å². The molecule has 0 bridgehead atoms. The van der Waals surface area contributed by atoms with Crippen LogP contribution in [-0.4, -0.2) is 64.3 Å². The normalized spacial score (nSPS) is 26.4. The number of aromatic amines is 1. The Morgan fingerprint density at radius 2 is 1.66 bits per heavy atom. The zero-order valence-electron chi connectivity index (χ0n) is 18.3. The van der Waals surface area contributed by atoms with Crippen molar-refractivity contribution in [2.45, 2.75) is 63.6 Å². The highest BCUT2D eigenvalue weighted by Crippen LogP contribution is 2.66. The summed E-state index contributed by atoms with van der Waals surface area (Å²) in [4.78, 5) is 62.1. The molecule has 202 valence electrons. The van der Waals surface area contributed by atoms with Crippen LogP contribution in [0.15, 0.2) is 15.8 Å². The number of nitrogens with one attached hydrogen (secondary N) is 1. The van der Waals surface area contributed by atoms with E-state index in [0.717, 1.165) is 19.3 Å². The molecular weight excluding hydrogens is 541 g/mol. The molecule has 20 heteroatoms. The van der Waals surface area contributed by atoms with Crippen molar-refractivity contribution in [3.63, 3.8) is 0 Å². The van der Waals surface area contributed by atoms with E-state index in [1.807, 2.05) is 6.92 Å². The maximum atomic E-state index is 12.3. The summed E-state index contributed by atoms with van der Waals surface area (Å²) < 4.78 is 52.0. The van der Waals surface area contributed by atoms with Gasteiger partial charge >= 0.3 is 29.2 Å². The molecule has 2 rings (SSSR count). The number of phosphoric ester groups is 1. The molecular formula is C15H27N2O15P3. The number of nitrogens with zero attached hydrogens (tertiary/aromatic N) is 1. The number of aryl methyl sites for hydroxylation is 1. The zero-order chi connectivity index (χ0) is 26.6. The monoisotopic (exact) mass is 568 g/mol. The Bertz CT molecular complexity index is 1130. The zero-order valence-corrected chi connectivity index (χ0v) is 21.0. The molecule has 0 spiro atoms. The number of ether oxygens (including phenoxy) is 1. The van der Waals surface area contributed by atoms with Crippen LogP contribution in [0.4, 0.5) is 0 Å². The van der Waals surface area contributed by atoms with Crippen LogP contribution >= 0.6 is 23.5 Å². The number of aromatic nitrogens is 2. The van der Waals surface area contributed by atoms with Crippen LogP contribution in [0, 0.1) is 0 Å². The average Bonchev–Trinajstić information content (AvgIpc) is 2.97. The number of phosphoric acid groups is 3. The first kappa shape index (κ1) is 30.2. The predicted molar refractivity (Wildman–Crippen MR) is 115 cm³/mol. The van der Waals surface area contributed by atoms with Crippen LogP contribution in [0.1, 0.15) is 44.3 Å². The Hall–Kier alpha value is -1.03. The Kier molecular flexibility index (Phi) is 10.4. The van der Waals surface area contributed by atoms with E-state index in [4.69, 9.17) is 19.4 Å². The number of unbranched alkanes of at least 4 members (excludes halogenated alkanes) is 3. The van der Waals surface area contributed by atoms with E-state index in [2.05, 4.69) is 18.1 Å². The average molecular weight is 568 g/mol. The van der Waals surface area contributed by atoms with Gasteiger partial charge in [0.1, 0.15) is 24.4 Å². The van der Waals surface area contributed by atoms with E-state index >= 15 is 0 Å². The van der Waals surface area contributed by atoms with Crippen LogP contribution in [0.25, 0.3) is 0 Å². The lowest BCUT2D eigenvalue weighted by Crippen LogP contribution is -2.36. The van der Waals surface area contributed by atoms with Gasteiger partial charge < -0.3 is 39.1 Å². The van der Waals surface area contributed by atoms with Gasteiger partial charge in [0.25, 0.3) is 5.56 Å². The molecule has 35 heavy (non-hydrogen) atoms. The summed E-state index contributed by atoms with van der Waals surface area (Å²) in [5, 5.41) is 20.5. The molecule has 2 unspecified atom stereocenters. The minimum Gasteiger partial charge on any atom is -0.387 e. The van der Waals surface area contributed by atoms with Gasteiger partial charge in [-0.15, -0.1) is 0 Å². The van der Waals surface area contributed by atoms with Gasteiger partial charge in [-0.25, -0.2) is 18.5 Å². The molecule has 7 N–H and O–H groups in total. The number of aliphatic hydroxyl groups is 2. The van der Waals surface area contributed by atoms with Gasteiger partial charge in [-0.1, -0.05) is 26.2 Å². The molecule has 1 fully saturated rings. The predicted octanol–water partition coefficient (Wildman–Crippen LogP) is -0.378. The van der Waals surface area contributed by atoms with E-state index < -0.39 is 65.7 Å². The SMILES string of the molecule is CCCCCCn1cc([C@@H]2O[C@H](COP(=O)(O)OP(=O)(O)OP(=O)(O)O)[C@@H](O)[C@H]2O)c(=O)[nH]c1=O. The summed E-state index contributed by atoms with van der Waals surface area (Å²) in [5.74, 6) is 0. The number of rotatable bonds is 13. The molecule has 1 saturated heterocycles. The molecule has 1 aromatic rings. The van der Waals surface area contributed by atoms with E-state index in [1.54, 1.807) is 0 Å². The van der Waals surface area contributed by atoms with Gasteiger partial charge in [0.15, 0.2) is 0 Å². The molecule has 1 aromatic heterocycles. The van der Waals surface area contributed by atoms with E-state index in [9.17, 15) is 38.4 Å². The van der Waals surface area contributed by atoms with Gasteiger partial charge in [0.05, 0.1) is 12.2 Å². The molecule has 0 saturated carbocycles. The second-order valence-corrected chi connectivity index (χ2v) is 12.0. The second-order valence-electron chi connectivity index (χ2n) is 7.56. The maximum absolute atomic E-state index is 12.3. The minimum absolute atomic E-state index is 0.215. The first-order valence-corrected chi connectivity index (χ1v) is 14.7. The fraction of sp³-hybridized carbons (Fsp3) is 0.733. The number of hydrogen-bond acceptors (Lipinski definition) is 11. The topological polar surface area (TPSA) is 264 Å². The Morgan fingerprint density at radius 1 is 1.00 bits per heavy atom. The smallest absolute Gasteiger partial charge is 0.387 e. The molecule has 0 aliphatic carbocycles. The highest BCUT2D eigenvalue weighted by atomic mass is 31.3. The van der Waals surface area contributed by atoms with Crippen molar-refractivity contribution >= 4 is 23.5 Å². The lowest BCUT2D eigenvalue weighted by molar-refractivity contribution is -0.0228. The highest BCUT2D eigenvalue weighted by molar-refractivity contribution is 7.66. The summed E-state index contributed by atoms with van der Waals surface area (Å²) in [7, 11) is -16.8. The van der Waals surface area contributed by atoms with E-state index in [1.165, 1.54) is 10.8 Å². The van der Waals surface area contributed by atoms with Gasteiger partial charge in [-0.2, -0.15) is 8.62 Å². The summed E-state index contributed by atoms with van der Waals surface area (Å²) >= 11 is 0. The van der Waals surface area contributed by atoms with Crippen LogP contribution in [0.3, 0.4) is 0 Å².